The lowest BCUT2D eigenvalue weighted by molar-refractivity contribution is 0.628. The van der Waals surface area contributed by atoms with Gasteiger partial charge in [-0.15, -0.1) is 0 Å². The summed E-state index contributed by atoms with van der Waals surface area (Å²) in [6, 6.07) is 5.79. The predicted molar refractivity (Wildman–Crippen MR) is 52.6 cm³/mol. The van der Waals surface area contributed by atoms with Crippen molar-refractivity contribution < 1.29 is 4.39 Å². The molecule has 0 amide bonds. The summed E-state index contributed by atoms with van der Waals surface area (Å²) < 4.78 is 12.2. The second kappa shape index (κ2) is 4.67. The molecule has 0 fully saturated rings. The second-order valence-electron chi connectivity index (χ2n) is 1.97. The highest BCUT2D eigenvalue weighted by atomic mass is 79.9. The molecule has 2 nitrogen and oxygen atoms in total. The minimum atomic E-state index is -0.275. The number of alkyl halides is 2. The first-order chi connectivity index (χ1) is 5.68. The summed E-state index contributed by atoms with van der Waals surface area (Å²) >= 11 is 6.26. The zero-order valence-electron chi connectivity index (χ0n) is 5.92. The van der Waals surface area contributed by atoms with Crippen molar-refractivity contribution in [3.8, 4) is 0 Å². The van der Waals surface area contributed by atoms with Crippen LogP contribution >= 0.6 is 31.9 Å². The van der Waals surface area contributed by atoms with Crippen LogP contribution in [0.15, 0.2) is 34.5 Å². The smallest absolute Gasteiger partial charge is 0.180 e. The molecule has 64 valence electrons. The minimum Gasteiger partial charge on any atom is -0.207 e. The van der Waals surface area contributed by atoms with Crippen LogP contribution in [0.1, 0.15) is 0 Å². The molecule has 0 heterocycles. The van der Waals surface area contributed by atoms with E-state index in [2.05, 4.69) is 42.1 Å². The van der Waals surface area contributed by atoms with Crippen LogP contribution in [0.5, 0.6) is 0 Å². The Morgan fingerprint density at radius 1 is 1.17 bits per heavy atom. The molecule has 0 spiro atoms. The van der Waals surface area contributed by atoms with Crippen molar-refractivity contribution in [3.05, 3.63) is 30.1 Å². The molecular formula is C7H5Br2FN2. The summed E-state index contributed by atoms with van der Waals surface area (Å²) in [4.78, 5) is 0. The SMILES string of the molecule is Fc1ccc(N=NC(Br)Br)cc1. The van der Waals surface area contributed by atoms with E-state index in [0.29, 0.717) is 5.69 Å². The molecule has 1 aromatic rings. The van der Waals surface area contributed by atoms with E-state index in [1.165, 1.54) is 12.1 Å². The van der Waals surface area contributed by atoms with Gasteiger partial charge in [0.2, 0.25) is 0 Å². The number of nitrogens with zero attached hydrogens (tertiary/aromatic N) is 2. The van der Waals surface area contributed by atoms with Crippen LogP contribution in [0.2, 0.25) is 0 Å². The zero-order chi connectivity index (χ0) is 8.97. The minimum absolute atomic E-state index is 0.199. The van der Waals surface area contributed by atoms with Gasteiger partial charge in [0.1, 0.15) is 5.82 Å². The molecule has 0 aliphatic heterocycles. The van der Waals surface area contributed by atoms with E-state index in [9.17, 15) is 4.39 Å². The van der Waals surface area contributed by atoms with Crippen molar-refractivity contribution in [1.82, 2.24) is 0 Å². The second-order valence-corrected chi connectivity index (χ2v) is 4.93. The van der Waals surface area contributed by atoms with Gasteiger partial charge in [0.05, 0.1) is 5.69 Å². The third-order valence-electron chi connectivity index (χ3n) is 1.09. The molecule has 0 aromatic heterocycles. The Morgan fingerprint density at radius 3 is 2.25 bits per heavy atom. The number of benzene rings is 1. The van der Waals surface area contributed by atoms with Gasteiger partial charge in [-0.2, -0.15) is 10.2 Å². The maximum Gasteiger partial charge on any atom is 0.180 e. The third kappa shape index (κ3) is 3.40. The van der Waals surface area contributed by atoms with E-state index in [1.54, 1.807) is 12.1 Å². The standard InChI is InChI=1S/C7H5Br2FN2/c8-7(9)12-11-6-3-1-5(10)2-4-6/h1-4,7H. The summed E-state index contributed by atoms with van der Waals surface area (Å²) in [5.41, 5.74) is 0.625. The zero-order valence-corrected chi connectivity index (χ0v) is 9.09. The van der Waals surface area contributed by atoms with Crippen molar-refractivity contribution >= 4 is 37.5 Å². The molecule has 1 aromatic carbocycles. The van der Waals surface area contributed by atoms with Gasteiger partial charge < -0.3 is 0 Å². The van der Waals surface area contributed by atoms with E-state index in [0.717, 1.165) is 0 Å². The average molecular weight is 296 g/mol. The lowest BCUT2D eigenvalue weighted by atomic mass is 10.3. The molecule has 0 aliphatic carbocycles. The van der Waals surface area contributed by atoms with Crippen LogP contribution < -0.4 is 0 Å². The Bertz CT molecular complexity index is 271. The molecular weight excluding hydrogens is 291 g/mol. The van der Waals surface area contributed by atoms with Crippen molar-refractivity contribution in [2.45, 2.75) is 3.86 Å². The number of azo groups is 1. The summed E-state index contributed by atoms with van der Waals surface area (Å²) in [5, 5.41) is 7.57. The van der Waals surface area contributed by atoms with E-state index >= 15 is 0 Å². The fraction of sp³-hybridized carbons (Fsp3) is 0.143. The van der Waals surface area contributed by atoms with Crippen LogP contribution in [-0.4, -0.2) is 3.86 Å². The van der Waals surface area contributed by atoms with E-state index in [-0.39, 0.29) is 9.68 Å². The Labute approximate surface area is 86.1 Å². The lowest BCUT2D eigenvalue weighted by Gasteiger charge is -1.92. The molecule has 0 radical (unpaired) electrons. The van der Waals surface area contributed by atoms with Crippen LogP contribution in [0.4, 0.5) is 10.1 Å². The number of halogens is 3. The summed E-state index contributed by atoms with van der Waals surface area (Å²) in [7, 11) is 0. The van der Waals surface area contributed by atoms with Crippen molar-refractivity contribution in [3.63, 3.8) is 0 Å². The van der Waals surface area contributed by atoms with E-state index < -0.39 is 0 Å². The van der Waals surface area contributed by atoms with Gasteiger partial charge in [0.25, 0.3) is 0 Å². The topological polar surface area (TPSA) is 24.7 Å². The average Bonchev–Trinajstić information content (AvgIpc) is 2.03. The first-order valence-corrected chi connectivity index (χ1v) is 4.96. The van der Waals surface area contributed by atoms with E-state index in [1.807, 2.05) is 0 Å². The highest BCUT2D eigenvalue weighted by Gasteiger charge is 1.92. The van der Waals surface area contributed by atoms with Gasteiger partial charge >= 0.3 is 0 Å². The molecule has 1 rings (SSSR count). The Hall–Kier alpha value is -0.290. The van der Waals surface area contributed by atoms with Crippen LogP contribution in [0.3, 0.4) is 0 Å². The number of hydrogen-bond donors (Lipinski definition) is 0. The first kappa shape index (κ1) is 9.80. The van der Waals surface area contributed by atoms with Gasteiger partial charge in [-0.25, -0.2) is 4.39 Å². The summed E-state index contributed by atoms with van der Waals surface area (Å²) in [6.45, 7) is 0. The summed E-state index contributed by atoms with van der Waals surface area (Å²) in [5.74, 6) is -0.275. The molecule has 0 bridgehead atoms. The Balaban J connectivity index is 2.71. The van der Waals surface area contributed by atoms with Crippen LogP contribution in [-0.2, 0) is 0 Å². The van der Waals surface area contributed by atoms with Crippen molar-refractivity contribution in [2.24, 2.45) is 10.2 Å². The Morgan fingerprint density at radius 2 is 1.75 bits per heavy atom. The summed E-state index contributed by atoms with van der Waals surface area (Å²) in [6.07, 6.45) is 0. The van der Waals surface area contributed by atoms with E-state index in [4.69, 9.17) is 0 Å². The van der Waals surface area contributed by atoms with Gasteiger partial charge in [-0.3, -0.25) is 0 Å². The normalized spacial score (nSPS) is 11.3. The van der Waals surface area contributed by atoms with Crippen molar-refractivity contribution in [2.75, 3.05) is 0 Å². The molecule has 0 saturated carbocycles. The van der Waals surface area contributed by atoms with Crippen molar-refractivity contribution in [1.29, 1.82) is 0 Å². The maximum atomic E-state index is 12.4. The first-order valence-electron chi connectivity index (χ1n) is 3.13. The molecule has 12 heavy (non-hydrogen) atoms. The maximum absolute atomic E-state index is 12.4. The number of rotatable bonds is 2. The van der Waals surface area contributed by atoms with Gasteiger partial charge in [-0.05, 0) is 56.1 Å². The molecule has 0 saturated heterocycles. The fourth-order valence-electron chi connectivity index (χ4n) is 0.618. The van der Waals surface area contributed by atoms with Crippen LogP contribution in [0, 0.1) is 5.82 Å². The van der Waals surface area contributed by atoms with Crippen LogP contribution in [0.25, 0.3) is 0 Å². The van der Waals surface area contributed by atoms with Gasteiger partial charge in [0.15, 0.2) is 3.86 Å². The molecule has 0 aliphatic rings. The van der Waals surface area contributed by atoms with Gasteiger partial charge in [-0.1, -0.05) is 0 Å². The third-order valence-corrected chi connectivity index (χ3v) is 1.45. The lowest BCUT2D eigenvalue weighted by Crippen LogP contribution is -1.73. The Kier molecular flexibility index (Phi) is 3.81. The quantitative estimate of drug-likeness (QED) is 0.448. The fourth-order valence-corrected chi connectivity index (χ4v) is 0.801. The largest absolute Gasteiger partial charge is 0.207 e. The van der Waals surface area contributed by atoms with Gasteiger partial charge in [0, 0.05) is 0 Å². The molecule has 0 unspecified atom stereocenters. The monoisotopic (exact) mass is 294 g/mol. The molecule has 0 N–H and O–H groups in total. The highest BCUT2D eigenvalue weighted by molar-refractivity contribution is 9.24. The predicted octanol–water partition coefficient (Wildman–Crippen LogP) is 3.98. The highest BCUT2D eigenvalue weighted by Crippen LogP contribution is 2.16. The number of hydrogen-bond acceptors (Lipinski definition) is 2. The molecule has 5 heteroatoms. The molecule has 0 atom stereocenters.